The molecule has 0 bridgehead atoms. The van der Waals surface area contributed by atoms with E-state index < -0.39 is 5.91 Å². The van der Waals surface area contributed by atoms with Crippen LogP contribution in [0.3, 0.4) is 0 Å². The molecule has 1 fully saturated rings. The van der Waals surface area contributed by atoms with Crippen LogP contribution in [0.25, 0.3) is 0 Å². The third kappa shape index (κ3) is 3.84. The van der Waals surface area contributed by atoms with E-state index in [1.54, 1.807) is 0 Å². The Bertz CT molecular complexity index is 499. The van der Waals surface area contributed by atoms with E-state index in [0.29, 0.717) is 24.8 Å². The Hall–Kier alpha value is -2.31. The lowest BCUT2D eigenvalue weighted by Gasteiger charge is -2.08. The summed E-state index contributed by atoms with van der Waals surface area (Å²) in [6, 6.07) is 1.85. The number of primary amides is 1. The second kappa shape index (κ2) is 5.55. The monoisotopic (exact) mass is 263 g/mol. The van der Waals surface area contributed by atoms with Gasteiger partial charge in [-0.2, -0.15) is 0 Å². The molecule has 7 heteroatoms. The summed E-state index contributed by atoms with van der Waals surface area (Å²) in [5.74, 6) is -0.114. The van der Waals surface area contributed by atoms with E-state index in [9.17, 15) is 9.59 Å². The second-order valence-corrected chi connectivity index (χ2v) is 4.54. The second-order valence-electron chi connectivity index (χ2n) is 4.54. The molecule has 0 aliphatic heterocycles. The van der Waals surface area contributed by atoms with Gasteiger partial charge in [-0.3, -0.25) is 9.59 Å². The van der Waals surface area contributed by atoms with Gasteiger partial charge < -0.3 is 22.1 Å². The fourth-order valence-electron chi connectivity index (χ4n) is 1.61. The number of carbonyl (C=O) groups is 2. The normalized spacial score (nSPS) is 13.9. The number of nitrogens with two attached hydrogens (primary N) is 2. The highest BCUT2D eigenvalue weighted by Crippen LogP contribution is 2.18. The molecule has 0 atom stereocenters. The maximum atomic E-state index is 11.4. The van der Waals surface area contributed by atoms with Crippen LogP contribution in [0.15, 0.2) is 12.3 Å². The van der Waals surface area contributed by atoms with Crippen LogP contribution in [0.1, 0.15) is 29.6 Å². The average Bonchev–Trinajstić information content (AvgIpc) is 3.14. The van der Waals surface area contributed by atoms with E-state index >= 15 is 0 Å². The van der Waals surface area contributed by atoms with Crippen molar-refractivity contribution in [2.45, 2.75) is 25.3 Å². The molecule has 19 heavy (non-hydrogen) atoms. The summed E-state index contributed by atoms with van der Waals surface area (Å²) in [4.78, 5) is 26.6. The molecule has 0 unspecified atom stereocenters. The summed E-state index contributed by atoms with van der Waals surface area (Å²) in [6.45, 7) is 0.438. The van der Waals surface area contributed by atoms with Crippen molar-refractivity contribution in [3.8, 4) is 0 Å². The van der Waals surface area contributed by atoms with E-state index in [1.165, 1.54) is 12.3 Å². The average molecular weight is 263 g/mol. The van der Waals surface area contributed by atoms with Gasteiger partial charge in [0, 0.05) is 19.0 Å². The van der Waals surface area contributed by atoms with Crippen molar-refractivity contribution >= 4 is 23.3 Å². The lowest BCUT2D eigenvalue weighted by Crippen LogP contribution is -2.27. The zero-order valence-electron chi connectivity index (χ0n) is 10.5. The van der Waals surface area contributed by atoms with Gasteiger partial charge in [0.05, 0.1) is 17.4 Å². The zero-order chi connectivity index (χ0) is 13.8. The molecular formula is C12H17N5O2. The summed E-state index contributed by atoms with van der Waals surface area (Å²) in [7, 11) is 0. The molecule has 2 rings (SSSR count). The van der Waals surface area contributed by atoms with E-state index in [-0.39, 0.29) is 17.2 Å². The first-order valence-corrected chi connectivity index (χ1v) is 6.15. The van der Waals surface area contributed by atoms with Crippen LogP contribution in [0.4, 0.5) is 11.5 Å². The fraction of sp³-hybridized carbons (Fsp3) is 0.417. The Kier molecular flexibility index (Phi) is 3.84. The summed E-state index contributed by atoms with van der Waals surface area (Å²) < 4.78 is 0. The van der Waals surface area contributed by atoms with E-state index in [1.807, 2.05) is 0 Å². The number of hydrogen-bond donors (Lipinski definition) is 4. The summed E-state index contributed by atoms with van der Waals surface area (Å²) >= 11 is 0. The van der Waals surface area contributed by atoms with Crippen LogP contribution in [0, 0.1) is 0 Å². The van der Waals surface area contributed by atoms with Crippen LogP contribution >= 0.6 is 0 Å². The number of nitrogen functional groups attached to an aromatic ring is 1. The molecular weight excluding hydrogens is 246 g/mol. The maximum Gasteiger partial charge on any atom is 0.250 e. The molecule has 6 N–H and O–H groups in total. The van der Waals surface area contributed by atoms with Gasteiger partial charge in [0.25, 0.3) is 5.91 Å². The van der Waals surface area contributed by atoms with Crippen molar-refractivity contribution in [1.82, 2.24) is 10.3 Å². The molecule has 1 aliphatic carbocycles. The largest absolute Gasteiger partial charge is 0.397 e. The topological polar surface area (TPSA) is 123 Å². The number of rotatable bonds is 6. The van der Waals surface area contributed by atoms with Crippen molar-refractivity contribution in [3.05, 3.63) is 17.8 Å². The van der Waals surface area contributed by atoms with Gasteiger partial charge >= 0.3 is 0 Å². The van der Waals surface area contributed by atoms with Gasteiger partial charge in [0.15, 0.2) is 0 Å². The summed E-state index contributed by atoms with van der Waals surface area (Å²) in [5, 5.41) is 5.84. The van der Waals surface area contributed by atoms with E-state index in [0.717, 1.165) is 12.8 Å². The van der Waals surface area contributed by atoms with Crippen LogP contribution in [-0.4, -0.2) is 29.4 Å². The smallest absolute Gasteiger partial charge is 0.250 e. The quantitative estimate of drug-likeness (QED) is 0.568. The van der Waals surface area contributed by atoms with Crippen molar-refractivity contribution in [3.63, 3.8) is 0 Å². The lowest BCUT2D eigenvalue weighted by molar-refractivity contribution is -0.120. The van der Waals surface area contributed by atoms with Crippen LogP contribution < -0.4 is 22.1 Å². The van der Waals surface area contributed by atoms with Gasteiger partial charge in [-0.15, -0.1) is 0 Å². The highest BCUT2D eigenvalue weighted by atomic mass is 16.2. The van der Waals surface area contributed by atoms with Gasteiger partial charge in [0.2, 0.25) is 5.91 Å². The van der Waals surface area contributed by atoms with Crippen molar-refractivity contribution < 1.29 is 9.59 Å². The maximum absolute atomic E-state index is 11.4. The molecule has 7 nitrogen and oxygen atoms in total. The number of anilines is 2. The predicted molar refractivity (Wildman–Crippen MR) is 71.4 cm³/mol. The first kappa shape index (κ1) is 13.1. The molecule has 1 aliphatic rings. The van der Waals surface area contributed by atoms with Crippen molar-refractivity contribution in [2.24, 2.45) is 5.73 Å². The number of carbonyl (C=O) groups excluding carboxylic acids is 2. The SMILES string of the molecule is NC(=O)c1cc(NCCC(=O)NC2CC2)ncc1N. The summed E-state index contributed by atoms with van der Waals surface area (Å²) in [5.41, 5.74) is 11.2. The lowest BCUT2D eigenvalue weighted by atomic mass is 10.2. The summed E-state index contributed by atoms with van der Waals surface area (Å²) in [6.07, 6.45) is 3.86. The number of nitrogens with zero attached hydrogens (tertiary/aromatic N) is 1. The van der Waals surface area contributed by atoms with Gasteiger partial charge in [-0.05, 0) is 18.9 Å². The minimum absolute atomic E-state index is 0.0144. The highest BCUT2D eigenvalue weighted by molar-refractivity contribution is 5.98. The number of amides is 2. The number of aromatic nitrogens is 1. The third-order valence-corrected chi connectivity index (χ3v) is 2.80. The van der Waals surface area contributed by atoms with Crippen molar-refractivity contribution in [2.75, 3.05) is 17.6 Å². The molecule has 1 aromatic rings. The molecule has 102 valence electrons. The van der Waals surface area contributed by atoms with Gasteiger partial charge in [-0.25, -0.2) is 4.98 Å². The van der Waals surface area contributed by atoms with Gasteiger partial charge in [-0.1, -0.05) is 0 Å². The minimum atomic E-state index is -0.602. The Morgan fingerprint density at radius 1 is 1.42 bits per heavy atom. The standard InChI is InChI=1S/C12H17N5O2/c13-9-6-16-10(5-8(9)12(14)19)15-4-3-11(18)17-7-1-2-7/h5-7H,1-4,13H2,(H2,14,19)(H,15,16)(H,17,18). The Morgan fingerprint density at radius 2 is 2.16 bits per heavy atom. The van der Waals surface area contributed by atoms with Crippen LogP contribution in [-0.2, 0) is 4.79 Å². The predicted octanol–water partition coefficient (Wildman–Crippen LogP) is -0.157. The molecule has 2 amide bonds. The molecule has 1 heterocycles. The van der Waals surface area contributed by atoms with Crippen LogP contribution in [0.2, 0.25) is 0 Å². The molecule has 0 saturated heterocycles. The molecule has 1 saturated carbocycles. The van der Waals surface area contributed by atoms with E-state index in [2.05, 4.69) is 15.6 Å². The minimum Gasteiger partial charge on any atom is -0.397 e. The molecule has 0 radical (unpaired) electrons. The Morgan fingerprint density at radius 3 is 2.79 bits per heavy atom. The number of pyridine rings is 1. The Labute approximate surface area is 110 Å². The van der Waals surface area contributed by atoms with Gasteiger partial charge in [0.1, 0.15) is 5.82 Å². The van der Waals surface area contributed by atoms with E-state index in [4.69, 9.17) is 11.5 Å². The first-order chi connectivity index (χ1) is 9.06. The fourth-order valence-corrected chi connectivity index (χ4v) is 1.61. The highest BCUT2D eigenvalue weighted by Gasteiger charge is 2.22. The number of hydrogen-bond acceptors (Lipinski definition) is 5. The zero-order valence-corrected chi connectivity index (χ0v) is 10.5. The third-order valence-electron chi connectivity index (χ3n) is 2.80. The van der Waals surface area contributed by atoms with Crippen LogP contribution in [0.5, 0.6) is 0 Å². The van der Waals surface area contributed by atoms with Crippen molar-refractivity contribution in [1.29, 1.82) is 0 Å². The molecule has 0 aromatic carbocycles. The number of nitrogens with one attached hydrogen (secondary N) is 2. The Balaban J connectivity index is 1.83. The first-order valence-electron chi connectivity index (χ1n) is 6.15. The molecule has 1 aromatic heterocycles. The molecule has 0 spiro atoms.